The first kappa shape index (κ1) is 15.1. The van der Waals surface area contributed by atoms with Gasteiger partial charge in [-0.3, -0.25) is 4.79 Å². The average molecular weight is 283 g/mol. The van der Waals surface area contributed by atoms with Gasteiger partial charge >= 0.3 is 0 Å². The van der Waals surface area contributed by atoms with Crippen LogP contribution < -0.4 is 10.1 Å². The molecule has 1 unspecified atom stereocenters. The fourth-order valence-corrected chi connectivity index (χ4v) is 2.11. The minimum absolute atomic E-state index is 0.0269. The van der Waals surface area contributed by atoms with Crippen LogP contribution in [0.1, 0.15) is 29.7 Å². The molecule has 0 aromatic heterocycles. The molecule has 0 heterocycles. The predicted molar refractivity (Wildman–Crippen MR) is 84.4 cm³/mol. The molecule has 21 heavy (non-hydrogen) atoms. The third kappa shape index (κ3) is 4.35. The maximum atomic E-state index is 12.0. The van der Waals surface area contributed by atoms with Crippen molar-refractivity contribution in [2.75, 3.05) is 6.61 Å². The molecule has 0 aliphatic heterocycles. The molecular formula is C18H21NO2. The largest absolute Gasteiger partial charge is 0.483 e. The third-order valence-electron chi connectivity index (χ3n) is 3.38. The van der Waals surface area contributed by atoms with E-state index in [9.17, 15) is 4.79 Å². The number of hydrogen-bond donors (Lipinski definition) is 1. The van der Waals surface area contributed by atoms with Crippen molar-refractivity contribution in [1.29, 1.82) is 0 Å². The van der Waals surface area contributed by atoms with Crippen LogP contribution in [0.25, 0.3) is 0 Å². The Bertz CT molecular complexity index is 608. The molecule has 0 radical (unpaired) electrons. The van der Waals surface area contributed by atoms with Crippen molar-refractivity contribution in [2.45, 2.75) is 26.8 Å². The first-order valence-corrected chi connectivity index (χ1v) is 7.10. The van der Waals surface area contributed by atoms with Crippen LogP contribution in [-0.4, -0.2) is 12.5 Å². The summed E-state index contributed by atoms with van der Waals surface area (Å²) in [6, 6.07) is 15.8. The zero-order chi connectivity index (χ0) is 15.2. The van der Waals surface area contributed by atoms with Crippen molar-refractivity contribution in [3.8, 4) is 5.75 Å². The molecule has 3 nitrogen and oxygen atoms in total. The number of nitrogens with one attached hydrogen (secondary N) is 1. The summed E-state index contributed by atoms with van der Waals surface area (Å²) in [5.41, 5.74) is 3.23. The zero-order valence-electron chi connectivity index (χ0n) is 12.7. The maximum absolute atomic E-state index is 12.0. The molecule has 110 valence electrons. The molecule has 0 saturated heterocycles. The summed E-state index contributed by atoms with van der Waals surface area (Å²) in [4.78, 5) is 12.0. The lowest BCUT2D eigenvalue weighted by molar-refractivity contribution is -0.123. The fraction of sp³-hybridized carbons (Fsp3) is 0.278. The number of carbonyl (C=O) groups excluding carboxylic acids is 1. The van der Waals surface area contributed by atoms with Gasteiger partial charge in [0, 0.05) is 0 Å². The summed E-state index contributed by atoms with van der Waals surface area (Å²) in [7, 11) is 0. The SMILES string of the molecule is Cc1ccc(C)c(OCC(=O)NC(C)c2ccccc2)c1. The highest BCUT2D eigenvalue weighted by molar-refractivity contribution is 5.78. The lowest BCUT2D eigenvalue weighted by atomic mass is 10.1. The summed E-state index contributed by atoms with van der Waals surface area (Å²) in [6.07, 6.45) is 0. The summed E-state index contributed by atoms with van der Waals surface area (Å²) < 4.78 is 5.60. The van der Waals surface area contributed by atoms with Crippen molar-refractivity contribution in [3.63, 3.8) is 0 Å². The number of aryl methyl sites for hydroxylation is 2. The monoisotopic (exact) mass is 283 g/mol. The van der Waals surface area contributed by atoms with Crippen LogP contribution in [0.5, 0.6) is 5.75 Å². The van der Waals surface area contributed by atoms with Crippen molar-refractivity contribution in [3.05, 3.63) is 65.2 Å². The van der Waals surface area contributed by atoms with Crippen LogP contribution in [0.15, 0.2) is 48.5 Å². The number of amides is 1. The maximum Gasteiger partial charge on any atom is 0.258 e. The molecule has 0 bridgehead atoms. The van der Waals surface area contributed by atoms with Crippen LogP contribution in [0.4, 0.5) is 0 Å². The number of ether oxygens (including phenoxy) is 1. The van der Waals surface area contributed by atoms with Crippen molar-refractivity contribution >= 4 is 5.91 Å². The molecule has 0 spiro atoms. The highest BCUT2D eigenvalue weighted by Crippen LogP contribution is 2.19. The zero-order valence-corrected chi connectivity index (χ0v) is 12.7. The van der Waals surface area contributed by atoms with E-state index in [1.165, 1.54) is 0 Å². The molecule has 0 fully saturated rings. The Labute approximate surface area is 126 Å². The van der Waals surface area contributed by atoms with Gasteiger partial charge in [0.25, 0.3) is 5.91 Å². The van der Waals surface area contributed by atoms with E-state index >= 15 is 0 Å². The molecule has 0 aliphatic carbocycles. The van der Waals surface area contributed by atoms with E-state index < -0.39 is 0 Å². The van der Waals surface area contributed by atoms with E-state index in [0.29, 0.717) is 0 Å². The van der Waals surface area contributed by atoms with Gasteiger partial charge in [-0.2, -0.15) is 0 Å². The molecular weight excluding hydrogens is 262 g/mol. The van der Waals surface area contributed by atoms with Gasteiger partial charge in [0.2, 0.25) is 0 Å². The second kappa shape index (κ2) is 6.93. The topological polar surface area (TPSA) is 38.3 Å². The van der Waals surface area contributed by atoms with Gasteiger partial charge in [-0.05, 0) is 43.5 Å². The second-order valence-corrected chi connectivity index (χ2v) is 5.26. The van der Waals surface area contributed by atoms with Gasteiger partial charge in [0.1, 0.15) is 5.75 Å². The quantitative estimate of drug-likeness (QED) is 0.911. The highest BCUT2D eigenvalue weighted by Gasteiger charge is 2.10. The Hall–Kier alpha value is -2.29. The van der Waals surface area contributed by atoms with Gasteiger partial charge in [-0.1, -0.05) is 42.5 Å². The number of benzene rings is 2. The summed E-state index contributed by atoms with van der Waals surface area (Å²) in [5.74, 6) is 0.643. The van der Waals surface area contributed by atoms with Crippen LogP contribution in [0.2, 0.25) is 0 Å². The molecule has 1 amide bonds. The number of hydrogen-bond acceptors (Lipinski definition) is 2. The van der Waals surface area contributed by atoms with Crippen LogP contribution in [-0.2, 0) is 4.79 Å². The van der Waals surface area contributed by atoms with Gasteiger partial charge in [0.15, 0.2) is 6.61 Å². The van der Waals surface area contributed by atoms with E-state index in [0.717, 1.165) is 22.4 Å². The Morgan fingerprint density at radius 2 is 1.86 bits per heavy atom. The van der Waals surface area contributed by atoms with Crippen molar-refractivity contribution in [1.82, 2.24) is 5.32 Å². The van der Waals surface area contributed by atoms with E-state index in [1.807, 2.05) is 69.3 Å². The number of carbonyl (C=O) groups is 1. The molecule has 2 aromatic carbocycles. The van der Waals surface area contributed by atoms with Gasteiger partial charge in [-0.25, -0.2) is 0 Å². The summed E-state index contributed by atoms with van der Waals surface area (Å²) in [6.45, 7) is 5.97. The van der Waals surface area contributed by atoms with Crippen LogP contribution in [0, 0.1) is 13.8 Å². The molecule has 3 heteroatoms. The molecule has 1 atom stereocenters. The molecule has 1 N–H and O–H groups in total. The molecule has 2 rings (SSSR count). The smallest absolute Gasteiger partial charge is 0.258 e. The van der Waals surface area contributed by atoms with Crippen molar-refractivity contribution in [2.24, 2.45) is 0 Å². The Kier molecular flexibility index (Phi) is 4.99. The van der Waals surface area contributed by atoms with E-state index in [4.69, 9.17) is 4.74 Å². The third-order valence-corrected chi connectivity index (χ3v) is 3.38. The first-order chi connectivity index (χ1) is 10.1. The van der Waals surface area contributed by atoms with Crippen molar-refractivity contribution < 1.29 is 9.53 Å². The van der Waals surface area contributed by atoms with Gasteiger partial charge < -0.3 is 10.1 Å². The minimum atomic E-state index is -0.118. The summed E-state index contributed by atoms with van der Waals surface area (Å²) >= 11 is 0. The standard InChI is InChI=1S/C18H21NO2/c1-13-9-10-14(2)17(11-13)21-12-18(20)19-15(3)16-7-5-4-6-8-16/h4-11,15H,12H2,1-3H3,(H,19,20). The number of rotatable bonds is 5. The average Bonchev–Trinajstić information content (AvgIpc) is 2.49. The van der Waals surface area contributed by atoms with E-state index in [2.05, 4.69) is 5.32 Å². The highest BCUT2D eigenvalue weighted by atomic mass is 16.5. The predicted octanol–water partition coefficient (Wildman–Crippen LogP) is 3.56. The van der Waals surface area contributed by atoms with Gasteiger partial charge in [0.05, 0.1) is 6.04 Å². The Balaban J connectivity index is 1.89. The molecule has 0 aliphatic rings. The first-order valence-electron chi connectivity index (χ1n) is 7.10. The molecule has 2 aromatic rings. The lowest BCUT2D eigenvalue weighted by Gasteiger charge is -2.15. The minimum Gasteiger partial charge on any atom is -0.483 e. The fourth-order valence-electron chi connectivity index (χ4n) is 2.11. The van der Waals surface area contributed by atoms with Gasteiger partial charge in [-0.15, -0.1) is 0 Å². The second-order valence-electron chi connectivity index (χ2n) is 5.26. The Morgan fingerprint density at radius 3 is 2.57 bits per heavy atom. The van der Waals surface area contributed by atoms with E-state index in [1.54, 1.807) is 0 Å². The summed E-state index contributed by atoms with van der Waals surface area (Å²) in [5, 5.41) is 2.94. The normalized spacial score (nSPS) is 11.8. The molecule has 0 saturated carbocycles. The van der Waals surface area contributed by atoms with Crippen LogP contribution in [0.3, 0.4) is 0 Å². The lowest BCUT2D eigenvalue weighted by Crippen LogP contribution is -2.31. The van der Waals surface area contributed by atoms with E-state index in [-0.39, 0.29) is 18.6 Å². The van der Waals surface area contributed by atoms with Crippen LogP contribution >= 0.6 is 0 Å². The Morgan fingerprint density at radius 1 is 1.14 bits per heavy atom.